The third-order valence-electron chi connectivity index (χ3n) is 5.06. The third-order valence-corrected chi connectivity index (χ3v) is 5.06. The lowest BCUT2D eigenvalue weighted by atomic mass is 9.98. The number of likely N-dealkylation sites (N-methyl/N-ethyl adjacent to an activating group) is 1. The van der Waals surface area contributed by atoms with E-state index in [9.17, 15) is 14.7 Å². The Morgan fingerprint density at radius 1 is 1.11 bits per heavy atom. The van der Waals surface area contributed by atoms with Crippen LogP contribution in [0.4, 0.5) is 4.79 Å². The molecular formula is C21H24N2O4. The summed E-state index contributed by atoms with van der Waals surface area (Å²) in [7, 11) is 1.45. The van der Waals surface area contributed by atoms with E-state index in [0.717, 1.165) is 27.2 Å². The SMILES string of the molecule is CN(C(=O)OCC1c2ccccc2-c2ccccc21)[C@H](CCCN)C(=O)O. The van der Waals surface area contributed by atoms with Gasteiger partial charge in [0.05, 0.1) is 0 Å². The Balaban J connectivity index is 1.73. The van der Waals surface area contributed by atoms with Gasteiger partial charge in [0, 0.05) is 13.0 Å². The molecule has 1 aliphatic rings. The number of rotatable bonds is 7. The Labute approximate surface area is 158 Å². The Morgan fingerprint density at radius 2 is 1.67 bits per heavy atom. The summed E-state index contributed by atoms with van der Waals surface area (Å²) in [6.45, 7) is 0.544. The molecule has 1 amide bonds. The second-order valence-electron chi connectivity index (χ2n) is 6.70. The molecule has 0 aromatic heterocycles. The number of amides is 1. The number of ether oxygens (including phenoxy) is 1. The van der Waals surface area contributed by atoms with E-state index in [1.165, 1.54) is 7.05 Å². The van der Waals surface area contributed by atoms with Gasteiger partial charge in [-0.2, -0.15) is 0 Å². The Hall–Kier alpha value is -2.86. The average Bonchev–Trinajstić information content (AvgIpc) is 3.00. The minimum Gasteiger partial charge on any atom is -0.480 e. The Bertz CT molecular complexity index is 791. The highest BCUT2D eigenvalue weighted by Gasteiger charge is 2.31. The number of carbonyl (C=O) groups excluding carboxylic acids is 1. The van der Waals surface area contributed by atoms with Crippen LogP contribution in [0.1, 0.15) is 29.9 Å². The van der Waals surface area contributed by atoms with Gasteiger partial charge in [-0.1, -0.05) is 48.5 Å². The van der Waals surface area contributed by atoms with E-state index < -0.39 is 18.1 Å². The van der Waals surface area contributed by atoms with Gasteiger partial charge in [-0.3, -0.25) is 4.90 Å². The molecule has 0 spiro atoms. The summed E-state index contributed by atoms with van der Waals surface area (Å²) in [6, 6.07) is 15.2. The first-order chi connectivity index (χ1) is 13.0. The van der Waals surface area contributed by atoms with Gasteiger partial charge in [0.25, 0.3) is 0 Å². The normalized spacial score (nSPS) is 13.6. The van der Waals surface area contributed by atoms with Crippen molar-refractivity contribution in [2.75, 3.05) is 20.2 Å². The molecule has 0 unspecified atom stereocenters. The van der Waals surface area contributed by atoms with E-state index in [2.05, 4.69) is 12.1 Å². The molecule has 0 radical (unpaired) electrons. The smallest absolute Gasteiger partial charge is 0.410 e. The molecule has 1 atom stereocenters. The summed E-state index contributed by atoms with van der Waals surface area (Å²) >= 11 is 0. The second kappa shape index (κ2) is 8.22. The van der Waals surface area contributed by atoms with Gasteiger partial charge in [0.1, 0.15) is 12.6 Å². The molecule has 6 heteroatoms. The van der Waals surface area contributed by atoms with Crippen molar-refractivity contribution in [2.24, 2.45) is 5.73 Å². The van der Waals surface area contributed by atoms with Crippen molar-refractivity contribution in [1.29, 1.82) is 0 Å². The number of fused-ring (bicyclic) bond motifs is 3. The molecule has 2 aromatic carbocycles. The number of carboxylic acid groups (broad SMARTS) is 1. The van der Waals surface area contributed by atoms with E-state index in [0.29, 0.717) is 19.4 Å². The van der Waals surface area contributed by atoms with E-state index in [1.54, 1.807) is 0 Å². The topological polar surface area (TPSA) is 92.9 Å². The van der Waals surface area contributed by atoms with Gasteiger partial charge in [0.15, 0.2) is 0 Å². The zero-order valence-corrected chi connectivity index (χ0v) is 15.3. The maximum atomic E-state index is 12.4. The predicted octanol–water partition coefficient (Wildman–Crippen LogP) is 3.06. The van der Waals surface area contributed by atoms with Gasteiger partial charge in [-0.25, -0.2) is 9.59 Å². The van der Waals surface area contributed by atoms with Crippen LogP contribution in [0, 0.1) is 0 Å². The van der Waals surface area contributed by atoms with Crippen molar-refractivity contribution in [2.45, 2.75) is 24.8 Å². The summed E-state index contributed by atoms with van der Waals surface area (Å²) in [6.07, 6.45) is 0.186. The highest BCUT2D eigenvalue weighted by atomic mass is 16.6. The van der Waals surface area contributed by atoms with E-state index in [-0.39, 0.29) is 12.5 Å². The van der Waals surface area contributed by atoms with Crippen LogP contribution in [0.3, 0.4) is 0 Å². The molecule has 0 saturated carbocycles. The predicted molar refractivity (Wildman–Crippen MR) is 103 cm³/mol. The van der Waals surface area contributed by atoms with E-state index in [1.807, 2.05) is 36.4 Å². The first-order valence-corrected chi connectivity index (χ1v) is 9.05. The lowest BCUT2D eigenvalue weighted by Gasteiger charge is -2.25. The molecule has 1 aliphatic carbocycles. The lowest BCUT2D eigenvalue weighted by molar-refractivity contribution is -0.142. The first kappa shape index (κ1) is 18.9. The van der Waals surface area contributed by atoms with Gasteiger partial charge in [-0.05, 0) is 41.6 Å². The van der Waals surface area contributed by atoms with Crippen molar-refractivity contribution < 1.29 is 19.4 Å². The van der Waals surface area contributed by atoms with Crippen LogP contribution >= 0.6 is 0 Å². The highest BCUT2D eigenvalue weighted by molar-refractivity contribution is 5.81. The number of hydrogen-bond donors (Lipinski definition) is 2. The maximum Gasteiger partial charge on any atom is 0.410 e. The quantitative estimate of drug-likeness (QED) is 0.783. The fourth-order valence-corrected chi connectivity index (χ4v) is 3.62. The maximum absolute atomic E-state index is 12.4. The molecule has 0 bridgehead atoms. The summed E-state index contributed by atoms with van der Waals surface area (Å²) < 4.78 is 5.50. The van der Waals surface area contributed by atoms with E-state index in [4.69, 9.17) is 10.5 Å². The van der Waals surface area contributed by atoms with Crippen LogP contribution in [-0.4, -0.2) is 48.3 Å². The van der Waals surface area contributed by atoms with Crippen molar-refractivity contribution in [3.8, 4) is 11.1 Å². The number of hydrogen-bond acceptors (Lipinski definition) is 4. The molecule has 0 fully saturated rings. The van der Waals surface area contributed by atoms with Crippen molar-refractivity contribution in [1.82, 2.24) is 4.90 Å². The molecule has 2 aromatic rings. The summed E-state index contributed by atoms with van der Waals surface area (Å²) in [5, 5.41) is 9.37. The standard InChI is InChI=1S/C21H24N2O4/c1-23(19(20(24)25)11-6-12-22)21(26)27-13-18-16-9-4-2-7-14(16)15-8-3-5-10-17(15)18/h2-5,7-10,18-19H,6,11-13,22H2,1H3,(H,24,25)/t19-/m1/s1. The van der Waals surface area contributed by atoms with Gasteiger partial charge >= 0.3 is 12.1 Å². The molecule has 142 valence electrons. The summed E-state index contributed by atoms with van der Waals surface area (Å²) in [4.78, 5) is 25.0. The molecule has 3 rings (SSSR count). The zero-order chi connectivity index (χ0) is 19.4. The van der Waals surface area contributed by atoms with Crippen molar-refractivity contribution >= 4 is 12.1 Å². The van der Waals surface area contributed by atoms with Crippen molar-refractivity contribution in [3.05, 3.63) is 59.7 Å². The largest absolute Gasteiger partial charge is 0.480 e. The minimum absolute atomic E-state index is 0.0536. The number of nitrogens with two attached hydrogens (primary N) is 1. The number of benzene rings is 2. The van der Waals surface area contributed by atoms with Crippen LogP contribution in [0.5, 0.6) is 0 Å². The summed E-state index contributed by atoms with van der Waals surface area (Å²) in [5.74, 6) is -1.11. The van der Waals surface area contributed by atoms with Gasteiger partial charge in [-0.15, -0.1) is 0 Å². The average molecular weight is 368 g/mol. The molecular weight excluding hydrogens is 344 g/mol. The van der Waals surface area contributed by atoms with Crippen LogP contribution in [0.15, 0.2) is 48.5 Å². The molecule has 0 heterocycles. The number of carboxylic acids is 1. The Kier molecular flexibility index (Phi) is 5.76. The zero-order valence-electron chi connectivity index (χ0n) is 15.3. The lowest BCUT2D eigenvalue weighted by Crippen LogP contribution is -2.43. The van der Waals surface area contributed by atoms with Crippen molar-refractivity contribution in [3.63, 3.8) is 0 Å². The van der Waals surface area contributed by atoms with Crippen LogP contribution < -0.4 is 5.73 Å². The molecule has 6 nitrogen and oxygen atoms in total. The Morgan fingerprint density at radius 3 is 2.19 bits per heavy atom. The first-order valence-electron chi connectivity index (χ1n) is 9.05. The number of carbonyl (C=O) groups is 2. The molecule has 0 saturated heterocycles. The second-order valence-corrected chi connectivity index (χ2v) is 6.70. The summed E-state index contributed by atoms with van der Waals surface area (Å²) in [5.41, 5.74) is 9.99. The molecule has 0 aliphatic heterocycles. The van der Waals surface area contributed by atoms with Crippen LogP contribution in [0.2, 0.25) is 0 Å². The fourth-order valence-electron chi connectivity index (χ4n) is 3.62. The number of nitrogens with zero attached hydrogens (tertiary/aromatic N) is 1. The third kappa shape index (κ3) is 3.80. The van der Waals surface area contributed by atoms with Gasteiger partial charge in [0.2, 0.25) is 0 Å². The fraction of sp³-hybridized carbons (Fsp3) is 0.333. The van der Waals surface area contributed by atoms with Crippen LogP contribution in [0.25, 0.3) is 11.1 Å². The molecule has 27 heavy (non-hydrogen) atoms. The monoisotopic (exact) mass is 368 g/mol. The molecule has 3 N–H and O–H groups in total. The number of aliphatic carboxylic acids is 1. The van der Waals surface area contributed by atoms with E-state index >= 15 is 0 Å². The minimum atomic E-state index is -1.06. The highest BCUT2D eigenvalue weighted by Crippen LogP contribution is 2.44. The van der Waals surface area contributed by atoms with Crippen LogP contribution in [-0.2, 0) is 9.53 Å². The van der Waals surface area contributed by atoms with Gasteiger partial charge < -0.3 is 15.6 Å².